The van der Waals surface area contributed by atoms with E-state index < -0.39 is 0 Å². The molecule has 4 nitrogen and oxygen atoms in total. The summed E-state index contributed by atoms with van der Waals surface area (Å²) in [6, 6.07) is 0. The molecule has 0 aromatic heterocycles. The van der Waals surface area contributed by atoms with Crippen molar-refractivity contribution in [3.05, 3.63) is 0 Å². The maximum atomic E-state index is 11.1. The third kappa shape index (κ3) is 6.60. The molecular weight excluding hydrogens is 182 g/mol. The second-order valence-electron chi connectivity index (χ2n) is 4.12. The van der Waals surface area contributed by atoms with E-state index in [1.54, 1.807) is 0 Å². The molecule has 4 heteroatoms. The second kappa shape index (κ2) is 6.54. The molecule has 82 valence electrons. The van der Waals surface area contributed by atoms with Crippen molar-refractivity contribution >= 4 is 12.2 Å². The van der Waals surface area contributed by atoms with Crippen LogP contribution in [0.1, 0.15) is 33.1 Å². The SMILES string of the molecule is CC(C)(CCO)CNC(=O)CCC=O. The Labute approximate surface area is 84.7 Å². The summed E-state index contributed by atoms with van der Waals surface area (Å²) < 4.78 is 0. The first-order valence-electron chi connectivity index (χ1n) is 4.83. The van der Waals surface area contributed by atoms with Crippen LogP contribution in [0.25, 0.3) is 0 Å². The molecule has 0 saturated carbocycles. The quantitative estimate of drug-likeness (QED) is 0.589. The van der Waals surface area contributed by atoms with Gasteiger partial charge in [0.05, 0.1) is 0 Å². The van der Waals surface area contributed by atoms with Crippen molar-refractivity contribution in [3.8, 4) is 0 Å². The van der Waals surface area contributed by atoms with E-state index in [2.05, 4.69) is 5.32 Å². The van der Waals surface area contributed by atoms with E-state index in [0.29, 0.717) is 13.0 Å². The number of carbonyl (C=O) groups excluding carboxylic acids is 2. The Hall–Kier alpha value is -0.900. The molecule has 0 rings (SSSR count). The van der Waals surface area contributed by atoms with Crippen LogP contribution in [0.4, 0.5) is 0 Å². The average Bonchev–Trinajstić information content (AvgIpc) is 2.11. The molecular formula is C10H19NO3. The number of rotatable bonds is 7. The number of amides is 1. The Morgan fingerprint density at radius 3 is 2.64 bits per heavy atom. The molecule has 14 heavy (non-hydrogen) atoms. The maximum Gasteiger partial charge on any atom is 0.220 e. The van der Waals surface area contributed by atoms with Crippen LogP contribution in [0, 0.1) is 5.41 Å². The highest BCUT2D eigenvalue weighted by Gasteiger charge is 2.17. The van der Waals surface area contributed by atoms with Gasteiger partial charge in [-0.2, -0.15) is 0 Å². The van der Waals surface area contributed by atoms with E-state index in [4.69, 9.17) is 5.11 Å². The van der Waals surface area contributed by atoms with Crippen LogP contribution in [0.3, 0.4) is 0 Å². The average molecular weight is 201 g/mol. The third-order valence-electron chi connectivity index (χ3n) is 2.04. The lowest BCUT2D eigenvalue weighted by Crippen LogP contribution is -2.34. The van der Waals surface area contributed by atoms with Crippen molar-refractivity contribution in [2.45, 2.75) is 33.1 Å². The summed E-state index contributed by atoms with van der Waals surface area (Å²) in [6.07, 6.45) is 1.91. The molecule has 2 N–H and O–H groups in total. The highest BCUT2D eigenvalue weighted by Crippen LogP contribution is 2.17. The van der Waals surface area contributed by atoms with E-state index in [-0.39, 0.29) is 30.8 Å². The fourth-order valence-electron chi connectivity index (χ4n) is 1.01. The van der Waals surface area contributed by atoms with Gasteiger partial charge in [-0.3, -0.25) is 4.79 Å². The van der Waals surface area contributed by atoms with Crippen LogP contribution in [0.5, 0.6) is 0 Å². The Balaban J connectivity index is 3.69. The lowest BCUT2D eigenvalue weighted by molar-refractivity contribution is -0.123. The first kappa shape index (κ1) is 13.1. The molecule has 0 aliphatic rings. The van der Waals surface area contributed by atoms with E-state index in [0.717, 1.165) is 6.29 Å². The van der Waals surface area contributed by atoms with Gasteiger partial charge in [0.25, 0.3) is 0 Å². The first-order valence-corrected chi connectivity index (χ1v) is 4.83. The van der Waals surface area contributed by atoms with Crippen molar-refractivity contribution in [2.24, 2.45) is 5.41 Å². The summed E-state index contributed by atoms with van der Waals surface area (Å²) in [6.45, 7) is 4.61. The lowest BCUT2D eigenvalue weighted by atomic mass is 9.90. The summed E-state index contributed by atoms with van der Waals surface area (Å²) in [7, 11) is 0. The number of carbonyl (C=O) groups is 2. The molecule has 0 aromatic rings. The lowest BCUT2D eigenvalue weighted by Gasteiger charge is -2.23. The maximum absolute atomic E-state index is 11.1. The molecule has 0 fully saturated rings. The first-order chi connectivity index (χ1) is 6.52. The van der Waals surface area contributed by atoms with E-state index in [9.17, 15) is 9.59 Å². The van der Waals surface area contributed by atoms with Crippen LogP contribution < -0.4 is 5.32 Å². The molecule has 1 amide bonds. The Bertz CT molecular complexity index is 190. The summed E-state index contributed by atoms with van der Waals surface area (Å²) >= 11 is 0. The molecule has 0 aromatic carbocycles. The fourth-order valence-corrected chi connectivity index (χ4v) is 1.01. The zero-order valence-corrected chi connectivity index (χ0v) is 8.88. The normalized spacial score (nSPS) is 11.1. The number of aldehydes is 1. The van der Waals surface area contributed by atoms with Crippen LogP contribution in [-0.4, -0.2) is 30.5 Å². The molecule has 0 spiro atoms. The summed E-state index contributed by atoms with van der Waals surface area (Å²) in [5.41, 5.74) is -0.0917. The number of hydrogen-bond acceptors (Lipinski definition) is 3. The van der Waals surface area contributed by atoms with Crippen molar-refractivity contribution < 1.29 is 14.7 Å². The molecule has 0 unspecified atom stereocenters. The Morgan fingerprint density at radius 1 is 1.50 bits per heavy atom. The summed E-state index contributed by atoms with van der Waals surface area (Å²) in [5.74, 6) is -0.108. The zero-order chi connectivity index (χ0) is 11.0. The number of aliphatic hydroxyl groups is 1. The predicted molar refractivity (Wildman–Crippen MR) is 53.8 cm³/mol. The van der Waals surface area contributed by atoms with Gasteiger partial charge in [-0.25, -0.2) is 0 Å². The topological polar surface area (TPSA) is 66.4 Å². The van der Waals surface area contributed by atoms with Crippen molar-refractivity contribution in [1.82, 2.24) is 5.32 Å². The molecule has 0 saturated heterocycles. The third-order valence-corrected chi connectivity index (χ3v) is 2.04. The van der Waals surface area contributed by atoms with Crippen molar-refractivity contribution in [2.75, 3.05) is 13.2 Å². The smallest absolute Gasteiger partial charge is 0.220 e. The zero-order valence-electron chi connectivity index (χ0n) is 8.88. The van der Waals surface area contributed by atoms with Crippen molar-refractivity contribution in [1.29, 1.82) is 0 Å². The minimum atomic E-state index is -0.108. The van der Waals surface area contributed by atoms with Gasteiger partial charge in [0, 0.05) is 26.0 Å². The molecule has 0 heterocycles. The van der Waals surface area contributed by atoms with Gasteiger partial charge in [0.2, 0.25) is 5.91 Å². The largest absolute Gasteiger partial charge is 0.396 e. The van der Waals surface area contributed by atoms with Gasteiger partial charge in [-0.15, -0.1) is 0 Å². The van der Waals surface area contributed by atoms with Gasteiger partial charge in [0.15, 0.2) is 0 Å². The highest BCUT2D eigenvalue weighted by atomic mass is 16.3. The minimum absolute atomic E-state index is 0.0917. The molecule has 0 aliphatic carbocycles. The summed E-state index contributed by atoms with van der Waals surface area (Å²) in [4.78, 5) is 21.1. The molecule has 0 aliphatic heterocycles. The molecule has 0 bridgehead atoms. The van der Waals surface area contributed by atoms with Crippen LogP contribution in [0.2, 0.25) is 0 Å². The Kier molecular flexibility index (Phi) is 6.12. The molecule has 0 atom stereocenters. The van der Waals surface area contributed by atoms with E-state index in [1.807, 2.05) is 13.8 Å². The number of nitrogens with one attached hydrogen (secondary N) is 1. The van der Waals surface area contributed by atoms with Crippen LogP contribution in [0.15, 0.2) is 0 Å². The van der Waals surface area contributed by atoms with Crippen molar-refractivity contribution in [3.63, 3.8) is 0 Å². The second-order valence-corrected chi connectivity index (χ2v) is 4.12. The standard InChI is InChI=1S/C10H19NO3/c1-10(2,5-7-13)8-11-9(14)4-3-6-12/h6,13H,3-5,7-8H2,1-2H3,(H,11,14). The number of aliphatic hydroxyl groups excluding tert-OH is 1. The Morgan fingerprint density at radius 2 is 2.14 bits per heavy atom. The van der Waals surface area contributed by atoms with Gasteiger partial charge >= 0.3 is 0 Å². The van der Waals surface area contributed by atoms with Crippen LogP contribution >= 0.6 is 0 Å². The highest BCUT2D eigenvalue weighted by molar-refractivity contribution is 5.78. The minimum Gasteiger partial charge on any atom is -0.396 e. The molecule has 0 radical (unpaired) electrons. The van der Waals surface area contributed by atoms with E-state index in [1.165, 1.54) is 0 Å². The fraction of sp³-hybridized carbons (Fsp3) is 0.800. The van der Waals surface area contributed by atoms with Gasteiger partial charge in [0.1, 0.15) is 6.29 Å². The summed E-state index contributed by atoms with van der Waals surface area (Å²) in [5, 5.41) is 11.5. The van der Waals surface area contributed by atoms with Gasteiger partial charge < -0.3 is 15.2 Å². The monoisotopic (exact) mass is 201 g/mol. The van der Waals surface area contributed by atoms with Crippen LogP contribution in [-0.2, 0) is 9.59 Å². The van der Waals surface area contributed by atoms with E-state index >= 15 is 0 Å². The predicted octanol–water partition coefficient (Wildman–Crippen LogP) is 0.490. The van der Waals surface area contributed by atoms with Gasteiger partial charge in [-0.05, 0) is 11.8 Å². The van der Waals surface area contributed by atoms with Gasteiger partial charge in [-0.1, -0.05) is 13.8 Å². The number of hydrogen-bond donors (Lipinski definition) is 2.